The molecule has 0 unspecified atom stereocenters. The molecule has 0 aromatic carbocycles. The second-order valence-corrected chi connectivity index (χ2v) is 3.80. The number of hydrogen-bond donors (Lipinski definition) is 0. The molecule has 0 bridgehead atoms. The smallest absolute Gasteiger partial charge is 0.308 e. The highest BCUT2D eigenvalue weighted by atomic mass is 16.5. The molecule has 2 nitrogen and oxygen atoms in total. The molecule has 11 heavy (non-hydrogen) atoms. The van der Waals surface area contributed by atoms with Gasteiger partial charge in [-0.25, -0.2) is 0 Å². The van der Waals surface area contributed by atoms with E-state index in [1.807, 2.05) is 6.92 Å². The lowest BCUT2D eigenvalue weighted by molar-refractivity contribution is -0.162. The van der Waals surface area contributed by atoms with E-state index in [1.165, 1.54) is 12.8 Å². The largest absolute Gasteiger partial charge is 0.462 e. The van der Waals surface area contributed by atoms with Gasteiger partial charge in [-0.15, -0.1) is 0 Å². The van der Waals surface area contributed by atoms with Crippen molar-refractivity contribution in [1.29, 1.82) is 0 Å². The van der Waals surface area contributed by atoms with Gasteiger partial charge in [0.1, 0.15) is 6.10 Å². The summed E-state index contributed by atoms with van der Waals surface area (Å²) in [4.78, 5) is 11.1. The van der Waals surface area contributed by atoms with Gasteiger partial charge in [-0.2, -0.15) is 0 Å². The number of carbonyl (C=O) groups excluding carboxylic acids is 1. The van der Waals surface area contributed by atoms with Crippen LogP contribution in [0.4, 0.5) is 0 Å². The molecule has 0 aromatic rings. The Hall–Kier alpha value is -0.530. The molecule has 1 aliphatic heterocycles. The van der Waals surface area contributed by atoms with Gasteiger partial charge in [0.25, 0.3) is 0 Å². The summed E-state index contributed by atoms with van der Waals surface area (Å²) in [6.07, 6.45) is 4.95. The first kappa shape index (κ1) is 7.14. The van der Waals surface area contributed by atoms with Gasteiger partial charge < -0.3 is 4.74 Å². The van der Waals surface area contributed by atoms with Crippen molar-refractivity contribution >= 4 is 5.97 Å². The molecular formula is C9H14O2. The number of ether oxygens (including phenoxy) is 1. The monoisotopic (exact) mass is 154 g/mol. The third kappa shape index (κ3) is 1.15. The zero-order chi connectivity index (χ0) is 7.84. The topological polar surface area (TPSA) is 26.3 Å². The number of hydrogen-bond acceptors (Lipinski definition) is 2. The van der Waals surface area contributed by atoms with E-state index >= 15 is 0 Å². The molecule has 2 fully saturated rings. The van der Waals surface area contributed by atoms with Gasteiger partial charge in [-0.1, -0.05) is 6.92 Å². The maximum atomic E-state index is 11.1. The molecule has 3 atom stereocenters. The average molecular weight is 154 g/mol. The van der Waals surface area contributed by atoms with Crippen LogP contribution in [0, 0.1) is 11.8 Å². The summed E-state index contributed by atoms with van der Waals surface area (Å²) in [5.41, 5.74) is 0. The quantitative estimate of drug-likeness (QED) is 0.497. The van der Waals surface area contributed by atoms with Crippen molar-refractivity contribution in [3.05, 3.63) is 0 Å². The molecular weight excluding hydrogens is 140 g/mol. The van der Waals surface area contributed by atoms with E-state index in [4.69, 9.17) is 4.74 Å². The van der Waals surface area contributed by atoms with Crippen molar-refractivity contribution < 1.29 is 9.53 Å². The Morgan fingerprint density at radius 2 is 2.27 bits per heavy atom. The van der Waals surface area contributed by atoms with Crippen molar-refractivity contribution in [2.45, 2.75) is 38.7 Å². The van der Waals surface area contributed by atoms with Crippen LogP contribution >= 0.6 is 0 Å². The minimum Gasteiger partial charge on any atom is -0.462 e. The molecule has 1 saturated carbocycles. The predicted molar refractivity (Wildman–Crippen MR) is 41.0 cm³/mol. The number of carbonyl (C=O) groups is 1. The molecule has 0 aromatic heterocycles. The highest BCUT2D eigenvalue weighted by Gasteiger charge is 2.37. The van der Waals surface area contributed by atoms with Crippen LogP contribution in [0.2, 0.25) is 0 Å². The van der Waals surface area contributed by atoms with Crippen LogP contribution in [-0.2, 0) is 9.53 Å². The summed E-state index contributed by atoms with van der Waals surface area (Å²) < 4.78 is 5.28. The van der Waals surface area contributed by atoms with Crippen molar-refractivity contribution in [1.82, 2.24) is 0 Å². The summed E-state index contributed by atoms with van der Waals surface area (Å²) in [6.45, 7) is 1.97. The van der Waals surface area contributed by atoms with Crippen LogP contribution in [0.15, 0.2) is 0 Å². The molecule has 0 amide bonds. The van der Waals surface area contributed by atoms with Crippen LogP contribution in [0.5, 0.6) is 0 Å². The average Bonchev–Trinajstić information content (AvgIpc) is 2.36. The van der Waals surface area contributed by atoms with Gasteiger partial charge in [-0.05, 0) is 31.6 Å². The lowest BCUT2D eigenvalue weighted by Gasteiger charge is -2.28. The molecule has 2 heteroatoms. The second kappa shape index (κ2) is 2.50. The summed E-state index contributed by atoms with van der Waals surface area (Å²) in [6, 6.07) is 0. The maximum Gasteiger partial charge on any atom is 0.308 e. The van der Waals surface area contributed by atoms with Crippen LogP contribution in [0.1, 0.15) is 32.6 Å². The van der Waals surface area contributed by atoms with Gasteiger partial charge in [0.2, 0.25) is 0 Å². The zero-order valence-electron chi connectivity index (χ0n) is 6.88. The standard InChI is InChI=1S/C9H14O2/c1-6-5-7-3-2-4-8(7)11-9(6)10/h6-8H,2-5H2,1H3/t6-,7-,8-/m0/s1. The van der Waals surface area contributed by atoms with Crippen molar-refractivity contribution in [3.63, 3.8) is 0 Å². The Balaban J connectivity index is 2.06. The van der Waals surface area contributed by atoms with Crippen molar-refractivity contribution in [2.75, 3.05) is 0 Å². The van der Waals surface area contributed by atoms with Crippen LogP contribution in [0.3, 0.4) is 0 Å². The minimum absolute atomic E-state index is 0.0214. The Kier molecular flexibility index (Phi) is 1.63. The van der Waals surface area contributed by atoms with E-state index in [9.17, 15) is 4.79 Å². The zero-order valence-corrected chi connectivity index (χ0v) is 6.88. The SMILES string of the molecule is C[C@H]1C[C@@H]2CCC[C@@H]2OC1=O. The first-order valence-electron chi connectivity index (χ1n) is 4.48. The lowest BCUT2D eigenvalue weighted by Crippen LogP contribution is -2.33. The normalized spacial score (nSPS) is 43.4. The Morgan fingerprint density at radius 3 is 3.09 bits per heavy atom. The number of esters is 1. The van der Waals surface area contributed by atoms with Gasteiger partial charge in [0.05, 0.1) is 5.92 Å². The maximum absolute atomic E-state index is 11.1. The van der Waals surface area contributed by atoms with Crippen molar-refractivity contribution in [3.8, 4) is 0 Å². The third-order valence-corrected chi connectivity index (χ3v) is 2.92. The van der Waals surface area contributed by atoms with E-state index in [0.29, 0.717) is 5.92 Å². The van der Waals surface area contributed by atoms with Gasteiger partial charge in [-0.3, -0.25) is 4.79 Å². The summed E-state index contributed by atoms with van der Waals surface area (Å²) in [7, 11) is 0. The first-order valence-corrected chi connectivity index (χ1v) is 4.48. The Labute approximate surface area is 66.9 Å². The minimum atomic E-state index is 0.0214. The van der Waals surface area contributed by atoms with Gasteiger partial charge in [0.15, 0.2) is 0 Å². The van der Waals surface area contributed by atoms with Crippen molar-refractivity contribution in [2.24, 2.45) is 11.8 Å². The predicted octanol–water partition coefficient (Wildman–Crippen LogP) is 1.74. The van der Waals surface area contributed by atoms with Gasteiger partial charge >= 0.3 is 5.97 Å². The highest BCUT2D eigenvalue weighted by Crippen LogP contribution is 2.37. The molecule has 62 valence electrons. The number of fused-ring (bicyclic) bond motifs is 1. The molecule has 1 heterocycles. The fraction of sp³-hybridized carbons (Fsp3) is 0.889. The fourth-order valence-electron chi connectivity index (χ4n) is 2.24. The third-order valence-electron chi connectivity index (χ3n) is 2.92. The highest BCUT2D eigenvalue weighted by molar-refractivity contribution is 5.73. The lowest BCUT2D eigenvalue weighted by atomic mass is 9.90. The molecule has 2 aliphatic rings. The number of rotatable bonds is 0. The molecule has 1 aliphatic carbocycles. The molecule has 0 N–H and O–H groups in total. The fourth-order valence-corrected chi connectivity index (χ4v) is 2.24. The van der Waals surface area contributed by atoms with E-state index < -0.39 is 0 Å². The summed E-state index contributed by atoms with van der Waals surface area (Å²) in [5.74, 6) is 0.852. The molecule has 2 rings (SSSR count). The molecule has 1 saturated heterocycles. The summed E-state index contributed by atoms with van der Waals surface area (Å²) in [5, 5.41) is 0. The van der Waals surface area contributed by atoms with E-state index in [2.05, 4.69) is 0 Å². The van der Waals surface area contributed by atoms with E-state index in [1.54, 1.807) is 0 Å². The second-order valence-electron chi connectivity index (χ2n) is 3.80. The van der Waals surface area contributed by atoms with Crippen LogP contribution < -0.4 is 0 Å². The van der Waals surface area contributed by atoms with E-state index in [0.717, 1.165) is 12.8 Å². The van der Waals surface area contributed by atoms with Crippen LogP contribution in [-0.4, -0.2) is 12.1 Å². The first-order chi connectivity index (χ1) is 5.27. The Bertz CT molecular complexity index is 176. The van der Waals surface area contributed by atoms with Gasteiger partial charge in [0, 0.05) is 0 Å². The molecule has 0 spiro atoms. The summed E-state index contributed by atoms with van der Waals surface area (Å²) >= 11 is 0. The van der Waals surface area contributed by atoms with E-state index in [-0.39, 0.29) is 18.0 Å². The molecule has 0 radical (unpaired) electrons. The van der Waals surface area contributed by atoms with Crippen LogP contribution in [0.25, 0.3) is 0 Å². The Morgan fingerprint density at radius 1 is 1.45 bits per heavy atom.